The summed E-state index contributed by atoms with van der Waals surface area (Å²) in [5, 5.41) is 9.58. The summed E-state index contributed by atoms with van der Waals surface area (Å²) in [7, 11) is 1.75. The van der Waals surface area contributed by atoms with Gasteiger partial charge in [0.15, 0.2) is 5.96 Å². The van der Waals surface area contributed by atoms with E-state index < -0.39 is 0 Å². The normalized spacial score (nSPS) is 18.4. The standard InChI is InChI=1S/C15H30N4O/c1-4-12(2)18-15(16-3)17-11-10-14(20)19-13-8-6-5-7-9-13/h12-13H,4-11H2,1-3H3,(H,19,20)(H2,16,17,18). The van der Waals surface area contributed by atoms with Gasteiger partial charge in [-0.15, -0.1) is 0 Å². The summed E-state index contributed by atoms with van der Waals surface area (Å²) in [6.45, 7) is 4.86. The Kier molecular flexibility index (Phi) is 8.07. The zero-order valence-corrected chi connectivity index (χ0v) is 13.2. The van der Waals surface area contributed by atoms with Crippen molar-refractivity contribution >= 4 is 11.9 Å². The number of nitrogens with one attached hydrogen (secondary N) is 3. The fraction of sp³-hybridized carbons (Fsp3) is 0.867. The Bertz CT molecular complexity index is 311. The average molecular weight is 282 g/mol. The molecular formula is C15H30N4O. The SMILES string of the molecule is CCC(C)NC(=NC)NCCC(=O)NC1CCCCC1. The Labute approximate surface area is 123 Å². The van der Waals surface area contributed by atoms with Gasteiger partial charge in [-0.2, -0.15) is 0 Å². The van der Waals surface area contributed by atoms with Crippen LogP contribution in [0.2, 0.25) is 0 Å². The predicted octanol–water partition coefficient (Wildman–Crippen LogP) is 1.79. The molecule has 0 aromatic carbocycles. The van der Waals surface area contributed by atoms with Crippen LogP contribution in [0.5, 0.6) is 0 Å². The van der Waals surface area contributed by atoms with Crippen LogP contribution < -0.4 is 16.0 Å². The van der Waals surface area contributed by atoms with Gasteiger partial charge >= 0.3 is 0 Å². The lowest BCUT2D eigenvalue weighted by molar-refractivity contribution is -0.121. The first-order chi connectivity index (χ1) is 9.65. The lowest BCUT2D eigenvalue weighted by Gasteiger charge is -2.23. The number of amides is 1. The smallest absolute Gasteiger partial charge is 0.221 e. The number of hydrogen-bond acceptors (Lipinski definition) is 2. The Morgan fingerprint density at radius 2 is 2.00 bits per heavy atom. The molecule has 1 atom stereocenters. The fourth-order valence-electron chi connectivity index (χ4n) is 2.37. The minimum absolute atomic E-state index is 0.142. The second-order valence-corrected chi connectivity index (χ2v) is 5.61. The predicted molar refractivity (Wildman–Crippen MR) is 83.9 cm³/mol. The van der Waals surface area contributed by atoms with Crippen LogP contribution in [-0.2, 0) is 4.79 Å². The van der Waals surface area contributed by atoms with Gasteiger partial charge in [0.25, 0.3) is 0 Å². The first-order valence-corrected chi connectivity index (χ1v) is 7.92. The van der Waals surface area contributed by atoms with Crippen LogP contribution in [0, 0.1) is 0 Å². The molecule has 1 aliphatic rings. The van der Waals surface area contributed by atoms with Crippen LogP contribution in [-0.4, -0.2) is 37.5 Å². The van der Waals surface area contributed by atoms with E-state index in [-0.39, 0.29) is 5.91 Å². The Morgan fingerprint density at radius 1 is 1.30 bits per heavy atom. The van der Waals surface area contributed by atoms with E-state index in [1.165, 1.54) is 19.3 Å². The molecule has 116 valence electrons. The molecule has 1 amide bonds. The van der Waals surface area contributed by atoms with Gasteiger partial charge < -0.3 is 16.0 Å². The van der Waals surface area contributed by atoms with Gasteiger partial charge in [-0.05, 0) is 26.2 Å². The third-order valence-corrected chi connectivity index (χ3v) is 3.83. The van der Waals surface area contributed by atoms with Gasteiger partial charge in [0.05, 0.1) is 0 Å². The Balaban J connectivity index is 2.16. The maximum atomic E-state index is 11.8. The molecule has 20 heavy (non-hydrogen) atoms. The molecule has 5 nitrogen and oxygen atoms in total. The number of hydrogen-bond donors (Lipinski definition) is 3. The molecule has 0 aliphatic heterocycles. The van der Waals surface area contributed by atoms with Gasteiger partial charge in [0.2, 0.25) is 5.91 Å². The maximum Gasteiger partial charge on any atom is 0.221 e. The maximum absolute atomic E-state index is 11.8. The van der Waals surface area contributed by atoms with Crippen molar-refractivity contribution in [2.24, 2.45) is 4.99 Å². The number of carbonyl (C=O) groups is 1. The van der Waals surface area contributed by atoms with Crippen molar-refractivity contribution in [3.8, 4) is 0 Å². The van der Waals surface area contributed by atoms with Gasteiger partial charge in [0.1, 0.15) is 0 Å². The van der Waals surface area contributed by atoms with Crippen LogP contribution >= 0.6 is 0 Å². The first-order valence-electron chi connectivity index (χ1n) is 7.92. The lowest BCUT2D eigenvalue weighted by Crippen LogP contribution is -2.44. The topological polar surface area (TPSA) is 65.5 Å². The van der Waals surface area contributed by atoms with Crippen molar-refractivity contribution in [3.63, 3.8) is 0 Å². The molecule has 0 radical (unpaired) electrons. The summed E-state index contributed by atoms with van der Waals surface area (Å²) in [5.74, 6) is 0.910. The number of nitrogens with zero attached hydrogens (tertiary/aromatic N) is 1. The van der Waals surface area contributed by atoms with E-state index in [0.717, 1.165) is 25.2 Å². The molecule has 0 spiro atoms. The molecule has 0 aromatic heterocycles. The molecular weight excluding hydrogens is 252 g/mol. The van der Waals surface area contributed by atoms with Crippen molar-refractivity contribution in [1.82, 2.24) is 16.0 Å². The summed E-state index contributed by atoms with van der Waals surface area (Å²) < 4.78 is 0. The number of rotatable bonds is 6. The monoisotopic (exact) mass is 282 g/mol. The second kappa shape index (κ2) is 9.61. The van der Waals surface area contributed by atoms with E-state index >= 15 is 0 Å². The minimum Gasteiger partial charge on any atom is -0.356 e. The molecule has 1 unspecified atom stereocenters. The fourth-order valence-corrected chi connectivity index (χ4v) is 2.37. The molecule has 1 rings (SSSR count). The summed E-state index contributed by atoms with van der Waals surface area (Å²) in [4.78, 5) is 16.0. The molecule has 0 heterocycles. The highest BCUT2D eigenvalue weighted by Crippen LogP contribution is 2.17. The summed E-state index contributed by atoms with van der Waals surface area (Å²) in [5.41, 5.74) is 0. The third-order valence-electron chi connectivity index (χ3n) is 3.83. The van der Waals surface area contributed by atoms with E-state index in [4.69, 9.17) is 0 Å². The van der Waals surface area contributed by atoms with Crippen LogP contribution in [0.15, 0.2) is 4.99 Å². The molecule has 1 fully saturated rings. The first kappa shape index (κ1) is 16.8. The summed E-state index contributed by atoms with van der Waals surface area (Å²) in [6.07, 6.45) is 7.61. The number of aliphatic imine (C=N–C) groups is 1. The van der Waals surface area contributed by atoms with Crippen molar-refractivity contribution in [3.05, 3.63) is 0 Å². The molecule has 0 aromatic rings. The highest BCUT2D eigenvalue weighted by Gasteiger charge is 2.15. The zero-order chi connectivity index (χ0) is 14.8. The molecule has 0 bridgehead atoms. The van der Waals surface area contributed by atoms with Crippen molar-refractivity contribution in [2.75, 3.05) is 13.6 Å². The minimum atomic E-state index is 0.142. The van der Waals surface area contributed by atoms with Crippen LogP contribution in [0.3, 0.4) is 0 Å². The van der Waals surface area contributed by atoms with Crippen molar-refractivity contribution in [1.29, 1.82) is 0 Å². The van der Waals surface area contributed by atoms with Crippen LogP contribution in [0.1, 0.15) is 58.8 Å². The molecule has 1 saturated carbocycles. The number of guanidine groups is 1. The highest BCUT2D eigenvalue weighted by molar-refractivity contribution is 5.81. The zero-order valence-electron chi connectivity index (χ0n) is 13.2. The van der Waals surface area contributed by atoms with Gasteiger partial charge in [-0.3, -0.25) is 9.79 Å². The summed E-state index contributed by atoms with van der Waals surface area (Å²) in [6, 6.07) is 0.783. The second-order valence-electron chi connectivity index (χ2n) is 5.61. The van der Waals surface area contributed by atoms with Crippen molar-refractivity contribution < 1.29 is 4.79 Å². The van der Waals surface area contributed by atoms with E-state index in [1.807, 2.05) is 0 Å². The van der Waals surface area contributed by atoms with Gasteiger partial charge in [-0.1, -0.05) is 26.2 Å². The van der Waals surface area contributed by atoms with Gasteiger partial charge in [0, 0.05) is 32.1 Å². The number of carbonyl (C=O) groups excluding carboxylic acids is 1. The highest BCUT2D eigenvalue weighted by atomic mass is 16.1. The van der Waals surface area contributed by atoms with Crippen molar-refractivity contribution in [2.45, 2.75) is 70.9 Å². The third kappa shape index (κ3) is 6.78. The van der Waals surface area contributed by atoms with Crippen LogP contribution in [0.25, 0.3) is 0 Å². The van der Waals surface area contributed by atoms with E-state index in [9.17, 15) is 4.79 Å². The van der Waals surface area contributed by atoms with E-state index in [2.05, 4.69) is 34.8 Å². The molecule has 1 aliphatic carbocycles. The van der Waals surface area contributed by atoms with Crippen LogP contribution in [0.4, 0.5) is 0 Å². The van der Waals surface area contributed by atoms with E-state index in [1.54, 1.807) is 7.05 Å². The average Bonchev–Trinajstić information content (AvgIpc) is 2.47. The lowest BCUT2D eigenvalue weighted by atomic mass is 9.95. The summed E-state index contributed by atoms with van der Waals surface area (Å²) >= 11 is 0. The van der Waals surface area contributed by atoms with Gasteiger partial charge in [-0.25, -0.2) is 0 Å². The molecule has 5 heteroatoms. The quantitative estimate of drug-likeness (QED) is 0.514. The molecule has 0 saturated heterocycles. The Morgan fingerprint density at radius 3 is 2.60 bits per heavy atom. The molecule has 3 N–H and O–H groups in total. The largest absolute Gasteiger partial charge is 0.356 e. The Hall–Kier alpha value is -1.26. The van der Waals surface area contributed by atoms with E-state index in [0.29, 0.717) is 25.0 Å².